The summed E-state index contributed by atoms with van der Waals surface area (Å²) < 4.78 is 67.9. The topological polar surface area (TPSA) is 188 Å². The van der Waals surface area contributed by atoms with Crippen molar-refractivity contribution in [2.45, 2.75) is 140 Å². The molecule has 16 heteroatoms. The van der Waals surface area contributed by atoms with Crippen LogP contribution in [0.25, 0.3) is 11.1 Å². The van der Waals surface area contributed by atoms with Gasteiger partial charge in [-0.1, -0.05) is 191 Å². The number of rotatable bonds is 22. The molecule has 3 saturated heterocycles. The molecule has 11 atom stereocenters. The highest BCUT2D eigenvalue weighted by atomic mass is 16.8. The van der Waals surface area contributed by atoms with Gasteiger partial charge in [0, 0.05) is 49.4 Å². The molecule has 0 spiro atoms. The van der Waals surface area contributed by atoms with E-state index in [9.17, 15) is 19.5 Å². The highest BCUT2D eigenvalue weighted by Crippen LogP contribution is 2.46. The third-order valence-electron chi connectivity index (χ3n) is 16.7. The number of nitrogens with zero attached hydrogens (tertiary/aromatic N) is 1. The van der Waals surface area contributed by atoms with E-state index in [0.717, 1.165) is 44.5 Å². The van der Waals surface area contributed by atoms with Gasteiger partial charge in [0.05, 0.1) is 38.6 Å². The number of aliphatic hydroxyl groups is 1. The van der Waals surface area contributed by atoms with Crippen molar-refractivity contribution >= 4 is 23.6 Å². The van der Waals surface area contributed by atoms with Gasteiger partial charge >= 0.3 is 6.16 Å². The molecule has 6 aromatic carbocycles. The molecule has 3 fully saturated rings. The van der Waals surface area contributed by atoms with Gasteiger partial charge in [-0.05, 0) is 57.2 Å². The molecule has 3 heterocycles. The zero-order valence-electron chi connectivity index (χ0n) is 49.1. The first kappa shape index (κ1) is 60.3. The van der Waals surface area contributed by atoms with E-state index in [2.05, 4.69) is 29.6 Å². The van der Waals surface area contributed by atoms with E-state index >= 15 is 0 Å². The molecule has 16 nitrogen and oxygen atoms in total. The summed E-state index contributed by atoms with van der Waals surface area (Å²) in [5.74, 6) is -1.51. The minimum Gasteiger partial charge on any atom is -0.511 e. The molecule has 2 aliphatic carbocycles. The lowest BCUT2D eigenvalue weighted by Gasteiger charge is -2.50. The van der Waals surface area contributed by atoms with E-state index in [-0.39, 0.29) is 100.0 Å². The average molecular weight is 1170 g/mol. The quantitative estimate of drug-likeness (QED) is 0.0482. The van der Waals surface area contributed by atoms with Crippen molar-refractivity contribution in [2.75, 3.05) is 26.9 Å². The number of nitrogens with one attached hydrogen (secondary N) is 1. The monoisotopic (exact) mass is 1170 g/mol. The molecular weight excluding hydrogens is 1090 g/mol. The van der Waals surface area contributed by atoms with Crippen LogP contribution in [0.2, 0.25) is 0 Å². The van der Waals surface area contributed by atoms with Gasteiger partial charge in [-0.15, -0.1) is 0 Å². The molecule has 0 radical (unpaired) electrons. The van der Waals surface area contributed by atoms with E-state index in [4.69, 9.17) is 52.4 Å². The van der Waals surface area contributed by atoms with Crippen molar-refractivity contribution in [3.8, 4) is 11.1 Å². The van der Waals surface area contributed by atoms with Crippen LogP contribution < -0.4 is 5.32 Å². The summed E-state index contributed by atoms with van der Waals surface area (Å²) in [6.07, 6.45) is -8.78. The minimum absolute atomic E-state index is 0.0251. The number of hydrogen-bond acceptors (Lipinski definition) is 15. The third-order valence-corrected chi connectivity index (χ3v) is 16.7. The van der Waals surface area contributed by atoms with Gasteiger partial charge in [0.1, 0.15) is 55.0 Å². The summed E-state index contributed by atoms with van der Waals surface area (Å²) in [4.78, 5) is 47.1. The first-order chi connectivity index (χ1) is 41.9. The van der Waals surface area contributed by atoms with Crippen molar-refractivity contribution < 1.29 is 66.9 Å². The maximum absolute atomic E-state index is 14.4. The Bertz CT molecular complexity index is 3260. The van der Waals surface area contributed by atoms with Crippen molar-refractivity contribution in [3.63, 3.8) is 0 Å². The third kappa shape index (κ3) is 14.4. The molecule has 3 aliphatic heterocycles. The lowest BCUT2D eigenvalue weighted by Crippen LogP contribution is -2.65. The second kappa shape index (κ2) is 28.0. The van der Waals surface area contributed by atoms with Crippen LogP contribution in [0.4, 0.5) is 4.79 Å². The molecule has 450 valence electrons. The van der Waals surface area contributed by atoms with Gasteiger partial charge in [-0.2, -0.15) is 0 Å². The number of hydrogen-bond donors (Lipinski definition) is 2. The minimum atomic E-state index is -1.17. The summed E-state index contributed by atoms with van der Waals surface area (Å²) in [5.41, 5.74) is 7.59. The molecule has 0 aromatic heterocycles. The number of ether oxygens (including phenoxy) is 10. The Hall–Kier alpha value is -7.38. The van der Waals surface area contributed by atoms with Crippen LogP contribution in [-0.2, 0) is 76.8 Å². The highest BCUT2D eigenvalue weighted by Gasteiger charge is 2.55. The predicted molar refractivity (Wildman–Crippen MR) is 320 cm³/mol. The summed E-state index contributed by atoms with van der Waals surface area (Å²) in [6, 6.07) is 53.9. The molecule has 0 bridgehead atoms. The number of carbonyl (C=O) groups excluding carboxylic acids is 3. The number of Topliss-reactive ketones (excluding diaryl/α,β-unsaturated/α-hetero) is 1. The maximum atomic E-state index is 14.4. The standard InChI is InChI=1S/C70H76N2O14/c1-44-62(86-69(76)81-41-53-51-32-19-17-30-49(51)50-31-18-20-33-52(50)53)63-58(43-80-67(85-63)48-28-15-8-16-29-48)82-66(44)84-64-57(42-77-38-45-22-9-5-10-23-45)83-68(79-40-47-26-13-7-14-27-47)61(65(64)78-39-46-24-11-6-12-25-46)72-54(34-21-35-59(75)71-4)60-55(73)36-70(2,3)37-56(60)74/h5-20,22-33,44,53,57-58,61-68,73H,21,34-43H2,1-4H3,(H,71,75)/t44?,57?,58?,61?,62?,63?,64-,65+,66?,67?,68+/m0/s1. The second-order valence-electron chi connectivity index (χ2n) is 23.5. The normalized spacial score (nSPS) is 26.3. The van der Waals surface area contributed by atoms with Crippen LogP contribution in [-0.4, -0.2) is 111 Å². The number of amides is 1. The molecule has 6 aromatic rings. The summed E-state index contributed by atoms with van der Waals surface area (Å²) in [6.45, 7) is 6.22. The Morgan fingerprint density at radius 1 is 0.663 bits per heavy atom. The Labute approximate surface area is 502 Å². The van der Waals surface area contributed by atoms with E-state index in [0.29, 0.717) is 6.42 Å². The van der Waals surface area contributed by atoms with Gasteiger partial charge in [0.2, 0.25) is 5.91 Å². The molecule has 1 amide bonds. The van der Waals surface area contributed by atoms with E-state index in [1.54, 1.807) is 7.05 Å². The number of aliphatic imine (C=N–C) groups is 1. The predicted octanol–water partition coefficient (Wildman–Crippen LogP) is 11.9. The Balaban J connectivity index is 0.974. The zero-order chi connectivity index (χ0) is 59.6. The summed E-state index contributed by atoms with van der Waals surface area (Å²) in [5, 5.41) is 14.6. The molecule has 86 heavy (non-hydrogen) atoms. The number of allylic oxidation sites excluding steroid dienone is 2. The highest BCUT2D eigenvalue weighted by molar-refractivity contribution is 6.23. The molecular formula is C70H76N2O14. The molecule has 11 rings (SSSR count). The van der Waals surface area contributed by atoms with Gasteiger partial charge in [0.25, 0.3) is 0 Å². The number of fused-ring (bicyclic) bond motifs is 4. The number of carbonyl (C=O) groups is 3. The fraction of sp³-hybridized carbons (Fsp3) is 0.400. The first-order valence-electron chi connectivity index (χ1n) is 29.9. The second-order valence-corrected chi connectivity index (χ2v) is 23.5. The Morgan fingerprint density at radius 2 is 1.26 bits per heavy atom. The van der Waals surface area contributed by atoms with Gasteiger partial charge < -0.3 is 57.8 Å². The largest absolute Gasteiger partial charge is 0.511 e. The summed E-state index contributed by atoms with van der Waals surface area (Å²) in [7, 11) is 1.57. The fourth-order valence-corrected chi connectivity index (χ4v) is 12.3. The number of benzene rings is 6. The van der Waals surface area contributed by atoms with Crippen LogP contribution >= 0.6 is 0 Å². The molecule has 2 N–H and O–H groups in total. The molecule has 0 saturated carbocycles. The smallest absolute Gasteiger partial charge is 0.508 e. The first-order valence-corrected chi connectivity index (χ1v) is 29.9. The number of aliphatic hydroxyl groups excluding tert-OH is 1. The van der Waals surface area contributed by atoms with Crippen molar-refractivity contribution in [3.05, 3.63) is 215 Å². The van der Waals surface area contributed by atoms with Crippen molar-refractivity contribution in [1.29, 1.82) is 0 Å². The van der Waals surface area contributed by atoms with Crippen molar-refractivity contribution in [2.24, 2.45) is 16.3 Å². The van der Waals surface area contributed by atoms with E-state index in [1.807, 2.05) is 166 Å². The molecule has 5 aliphatic rings. The van der Waals surface area contributed by atoms with Crippen LogP contribution in [0.5, 0.6) is 0 Å². The zero-order valence-corrected chi connectivity index (χ0v) is 49.1. The van der Waals surface area contributed by atoms with E-state index in [1.165, 1.54) is 0 Å². The Kier molecular flexibility index (Phi) is 19.6. The van der Waals surface area contributed by atoms with Crippen LogP contribution in [0, 0.1) is 11.3 Å². The SMILES string of the molecule is CNC(=O)CCCC(=NC1[C@H](OCc2ccccc2)OC(COCc2ccccc2)[C@H](OC2OC3COC(c4ccccc4)OC3C(OC(=O)OCC3c4ccccc4-c4ccccc43)C2C)[C@@H]1OCc1ccccc1)C1=C(O)CC(C)(C)CC1=O. The van der Waals surface area contributed by atoms with Gasteiger partial charge in [-0.25, -0.2) is 4.79 Å². The van der Waals surface area contributed by atoms with Crippen LogP contribution in [0.1, 0.15) is 98.5 Å². The Morgan fingerprint density at radius 3 is 1.88 bits per heavy atom. The lowest BCUT2D eigenvalue weighted by atomic mass is 9.75. The van der Waals surface area contributed by atoms with Crippen LogP contribution in [0.3, 0.4) is 0 Å². The lowest BCUT2D eigenvalue weighted by molar-refractivity contribution is -0.374. The maximum Gasteiger partial charge on any atom is 0.508 e. The van der Waals surface area contributed by atoms with Gasteiger partial charge in [0.15, 0.2) is 24.7 Å². The summed E-state index contributed by atoms with van der Waals surface area (Å²) >= 11 is 0. The van der Waals surface area contributed by atoms with Crippen molar-refractivity contribution in [1.82, 2.24) is 5.32 Å². The average Bonchev–Trinajstić information content (AvgIpc) is 2.29. The fourth-order valence-electron chi connectivity index (χ4n) is 12.3. The van der Waals surface area contributed by atoms with Crippen LogP contribution in [0.15, 0.2) is 186 Å². The number of ketones is 1. The molecule has 8 unspecified atom stereocenters. The van der Waals surface area contributed by atoms with Gasteiger partial charge in [-0.3, -0.25) is 14.6 Å². The van der Waals surface area contributed by atoms with E-state index < -0.39 is 79.0 Å².